The van der Waals surface area contributed by atoms with Gasteiger partial charge in [0.2, 0.25) is 0 Å². The van der Waals surface area contributed by atoms with E-state index in [1.54, 1.807) is 6.07 Å². The van der Waals surface area contributed by atoms with E-state index in [2.05, 4.69) is 4.98 Å². The van der Waals surface area contributed by atoms with Crippen LogP contribution in [0.15, 0.2) is 34.7 Å². The Hall–Kier alpha value is -1.90. The van der Waals surface area contributed by atoms with Crippen molar-refractivity contribution in [1.82, 2.24) is 4.98 Å². The first-order chi connectivity index (χ1) is 6.34. The van der Waals surface area contributed by atoms with Gasteiger partial charge in [0.15, 0.2) is 11.5 Å². The highest BCUT2D eigenvalue weighted by Crippen LogP contribution is 2.28. The molecule has 64 valence electrons. The summed E-state index contributed by atoms with van der Waals surface area (Å²) in [5.74, 6) is 0.451. The lowest BCUT2D eigenvalue weighted by molar-refractivity contribution is 0.641. The van der Waals surface area contributed by atoms with E-state index in [0.29, 0.717) is 5.88 Å². The zero-order valence-corrected chi connectivity index (χ0v) is 6.87. The molecule has 0 spiro atoms. The molecule has 3 rings (SSSR count). The number of fused-ring (bicyclic) bond motifs is 3. The van der Waals surface area contributed by atoms with E-state index >= 15 is 0 Å². The van der Waals surface area contributed by atoms with E-state index in [0.717, 1.165) is 22.0 Å². The van der Waals surface area contributed by atoms with E-state index in [4.69, 9.17) is 10.2 Å². The topological polar surface area (TPSA) is 55.0 Å². The van der Waals surface area contributed by atoms with E-state index in [9.17, 15) is 0 Å². The second-order valence-electron chi connectivity index (χ2n) is 3.06. The highest BCUT2D eigenvalue weighted by molar-refractivity contribution is 6.04. The zero-order chi connectivity index (χ0) is 8.84. The number of furan rings is 1. The van der Waals surface area contributed by atoms with E-state index in [1.165, 1.54) is 0 Å². The molecule has 13 heavy (non-hydrogen) atoms. The predicted octanol–water partition coefficient (Wildman–Crippen LogP) is 2.50. The summed E-state index contributed by atoms with van der Waals surface area (Å²) >= 11 is 0. The van der Waals surface area contributed by atoms with E-state index in [-0.39, 0.29) is 0 Å². The van der Waals surface area contributed by atoms with Crippen molar-refractivity contribution in [3.05, 3.63) is 30.3 Å². The number of nitrogen functional groups attached to an aromatic ring is 1. The first-order valence-corrected chi connectivity index (χ1v) is 4.10. The fourth-order valence-electron chi connectivity index (χ4n) is 1.64. The van der Waals surface area contributed by atoms with Crippen molar-refractivity contribution in [2.45, 2.75) is 0 Å². The van der Waals surface area contributed by atoms with Crippen molar-refractivity contribution in [3.8, 4) is 0 Å². The molecule has 0 unspecified atom stereocenters. The van der Waals surface area contributed by atoms with Gasteiger partial charge in [0, 0.05) is 17.0 Å². The molecule has 3 aromatic rings. The van der Waals surface area contributed by atoms with Gasteiger partial charge >= 0.3 is 0 Å². The van der Waals surface area contributed by atoms with Crippen LogP contribution >= 0.6 is 0 Å². The van der Waals surface area contributed by atoms with Gasteiger partial charge in [-0.15, -0.1) is 0 Å². The smallest absolute Gasteiger partial charge is 0.193 e. The maximum absolute atomic E-state index is 5.54. The molecule has 0 saturated carbocycles. The average molecular weight is 172 g/mol. The number of para-hydroxylation sites is 1. The molecule has 3 N–H and O–H groups in total. The van der Waals surface area contributed by atoms with Gasteiger partial charge in [-0.25, -0.2) is 0 Å². The molecule has 0 bridgehead atoms. The van der Waals surface area contributed by atoms with Crippen LogP contribution in [-0.2, 0) is 0 Å². The number of nitrogens with two attached hydrogens (primary N) is 1. The molecule has 3 heteroatoms. The van der Waals surface area contributed by atoms with Gasteiger partial charge in [-0.3, -0.25) is 0 Å². The van der Waals surface area contributed by atoms with Gasteiger partial charge < -0.3 is 15.1 Å². The standard InChI is InChI=1S/C10H8N2O/c11-9-5-8-10(13-9)6-3-1-2-4-7(6)12-8/h1-5,12H,11H2. The summed E-state index contributed by atoms with van der Waals surface area (Å²) in [5, 5.41) is 1.08. The first kappa shape index (κ1) is 6.60. The second kappa shape index (κ2) is 2.07. The number of anilines is 1. The lowest BCUT2D eigenvalue weighted by Gasteiger charge is -1.86. The largest absolute Gasteiger partial charge is 0.439 e. The Morgan fingerprint density at radius 3 is 2.92 bits per heavy atom. The Kier molecular flexibility index (Phi) is 1.05. The normalized spacial score (nSPS) is 11.4. The third kappa shape index (κ3) is 0.783. The molecule has 2 heterocycles. The average Bonchev–Trinajstić information content (AvgIpc) is 2.60. The third-order valence-corrected chi connectivity index (χ3v) is 2.19. The molecular formula is C10H8N2O. The third-order valence-electron chi connectivity index (χ3n) is 2.19. The molecule has 0 aliphatic heterocycles. The van der Waals surface area contributed by atoms with Crippen molar-refractivity contribution in [2.75, 3.05) is 5.73 Å². The molecule has 0 aliphatic carbocycles. The monoisotopic (exact) mass is 172 g/mol. The fraction of sp³-hybridized carbons (Fsp3) is 0. The lowest BCUT2D eigenvalue weighted by Crippen LogP contribution is -1.76. The quantitative estimate of drug-likeness (QED) is 0.547. The van der Waals surface area contributed by atoms with Crippen molar-refractivity contribution in [3.63, 3.8) is 0 Å². The van der Waals surface area contributed by atoms with Gasteiger partial charge in [0.25, 0.3) is 0 Å². The van der Waals surface area contributed by atoms with Crippen molar-refractivity contribution >= 4 is 27.9 Å². The summed E-state index contributed by atoms with van der Waals surface area (Å²) in [4.78, 5) is 3.23. The van der Waals surface area contributed by atoms with Crippen LogP contribution in [0.25, 0.3) is 22.0 Å². The lowest BCUT2D eigenvalue weighted by atomic mass is 10.2. The van der Waals surface area contributed by atoms with Crippen LogP contribution in [0.5, 0.6) is 0 Å². The molecule has 0 amide bonds. The van der Waals surface area contributed by atoms with Gasteiger partial charge in [0.1, 0.15) is 0 Å². The van der Waals surface area contributed by atoms with Crippen molar-refractivity contribution < 1.29 is 4.42 Å². The Labute approximate surface area is 74.1 Å². The Morgan fingerprint density at radius 1 is 1.15 bits per heavy atom. The summed E-state index contributed by atoms with van der Waals surface area (Å²) in [6.07, 6.45) is 0. The van der Waals surface area contributed by atoms with Crippen LogP contribution < -0.4 is 5.73 Å². The summed E-state index contributed by atoms with van der Waals surface area (Å²) < 4.78 is 5.37. The SMILES string of the molecule is Nc1cc2[nH]c3ccccc3c2o1. The maximum atomic E-state index is 5.54. The zero-order valence-electron chi connectivity index (χ0n) is 6.87. The number of aromatic nitrogens is 1. The van der Waals surface area contributed by atoms with Gasteiger partial charge in [-0.05, 0) is 12.1 Å². The minimum absolute atomic E-state index is 0.451. The summed E-state index contributed by atoms with van der Waals surface area (Å²) in [5.41, 5.74) is 8.42. The number of hydrogen-bond donors (Lipinski definition) is 2. The Morgan fingerprint density at radius 2 is 2.00 bits per heavy atom. The molecule has 3 nitrogen and oxygen atoms in total. The molecule has 0 atom stereocenters. The number of aromatic amines is 1. The van der Waals surface area contributed by atoms with Crippen LogP contribution in [0.1, 0.15) is 0 Å². The van der Waals surface area contributed by atoms with Gasteiger partial charge in [-0.1, -0.05) is 12.1 Å². The summed E-state index contributed by atoms with van der Waals surface area (Å²) in [6, 6.07) is 9.79. The molecule has 0 radical (unpaired) electrons. The van der Waals surface area contributed by atoms with E-state index < -0.39 is 0 Å². The Balaban J connectivity index is 2.60. The van der Waals surface area contributed by atoms with Crippen molar-refractivity contribution in [1.29, 1.82) is 0 Å². The molecule has 1 aromatic carbocycles. The van der Waals surface area contributed by atoms with Crippen molar-refractivity contribution in [2.24, 2.45) is 0 Å². The van der Waals surface area contributed by atoms with Crippen LogP contribution in [0, 0.1) is 0 Å². The summed E-state index contributed by atoms with van der Waals surface area (Å²) in [6.45, 7) is 0. The minimum Gasteiger partial charge on any atom is -0.439 e. The number of rotatable bonds is 0. The second-order valence-corrected chi connectivity index (χ2v) is 3.06. The minimum atomic E-state index is 0.451. The molecule has 0 aliphatic rings. The summed E-state index contributed by atoms with van der Waals surface area (Å²) in [7, 11) is 0. The number of benzene rings is 1. The van der Waals surface area contributed by atoms with Crippen LogP contribution in [-0.4, -0.2) is 4.98 Å². The number of nitrogens with one attached hydrogen (secondary N) is 1. The van der Waals surface area contributed by atoms with Crippen LogP contribution in [0.4, 0.5) is 5.88 Å². The predicted molar refractivity (Wildman–Crippen MR) is 52.5 cm³/mol. The molecule has 2 aromatic heterocycles. The van der Waals surface area contributed by atoms with E-state index in [1.807, 2.05) is 24.3 Å². The Bertz CT molecular complexity index is 577. The maximum Gasteiger partial charge on any atom is 0.193 e. The number of hydrogen-bond acceptors (Lipinski definition) is 2. The van der Waals surface area contributed by atoms with Gasteiger partial charge in [0.05, 0.1) is 5.52 Å². The van der Waals surface area contributed by atoms with Gasteiger partial charge in [-0.2, -0.15) is 0 Å². The molecular weight excluding hydrogens is 164 g/mol. The van der Waals surface area contributed by atoms with Crippen LogP contribution in [0.2, 0.25) is 0 Å². The number of H-pyrrole nitrogens is 1. The fourth-order valence-corrected chi connectivity index (χ4v) is 1.64. The highest BCUT2D eigenvalue weighted by Gasteiger charge is 2.07. The van der Waals surface area contributed by atoms with Crippen LogP contribution in [0.3, 0.4) is 0 Å². The first-order valence-electron chi connectivity index (χ1n) is 4.10. The molecule has 0 saturated heterocycles. The molecule has 0 fully saturated rings. The highest BCUT2D eigenvalue weighted by atomic mass is 16.3.